The minimum atomic E-state index is -1.84. The Bertz CT molecular complexity index is 1080. The van der Waals surface area contributed by atoms with E-state index in [1.165, 1.54) is 6.26 Å². The number of piperidine rings is 1. The van der Waals surface area contributed by atoms with Gasteiger partial charge in [-0.1, -0.05) is 60.2 Å². The van der Waals surface area contributed by atoms with Crippen molar-refractivity contribution in [1.29, 1.82) is 0 Å². The van der Waals surface area contributed by atoms with Crippen molar-refractivity contribution in [3.8, 4) is 0 Å². The highest BCUT2D eigenvalue weighted by Crippen LogP contribution is 2.26. The molecular weight excluding hydrogens is 409 g/mol. The van der Waals surface area contributed by atoms with E-state index in [0.29, 0.717) is 18.7 Å². The lowest BCUT2D eigenvalue weighted by Gasteiger charge is -2.25. The maximum atomic E-state index is 14.9. The number of alkyl halides is 1. The van der Waals surface area contributed by atoms with Gasteiger partial charge in [0.25, 0.3) is 11.8 Å². The molecule has 1 fully saturated rings. The molecule has 1 aliphatic rings. The summed E-state index contributed by atoms with van der Waals surface area (Å²) in [5.41, 5.74) is 2.12. The lowest BCUT2D eigenvalue weighted by atomic mass is 10.0. The van der Waals surface area contributed by atoms with E-state index in [1.54, 1.807) is 35.2 Å². The van der Waals surface area contributed by atoms with Crippen molar-refractivity contribution in [1.82, 2.24) is 15.2 Å². The SMILES string of the molecule is Cc1cccc(C(NC(=O)C(F)c2ccccc2)c2nc(C(=O)N3CCCCC3)co2)c1. The lowest BCUT2D eigenvalue weighted by molar-refractivity contribution is -0.126. The number of aryl methyl sites for hydroxylation is 1. The van der Waals surface area contributed by atoms with Gasteiger partial charge in [-0.05, 0) is 37.3 Å². The molecule has 1 N–H and O–H groups in total. The van der Waals surface area contributed by atoms with Crippen LogP contribution < -0.4 is 5.32 Å². The highest BCUT2D eigenvalue weighted by Gasteiger charge is 2.29. The van der Waals surface area contributed by atoms with Gasteiger partial charge in [-0.3, -0.25) is 9.59 Å². The van der Waals surface area contributed by atoms with Crippen molar-refractivity contribution in [3.05, 3.63) is 89.1 Å². The predicted molar refractivity (Wildman–Crippen MR) is 118 cm³/mol. The third-order valence-corrected chi connectivity index (χ3v) is 5.62. The summed E-state index contributed by atoms with van der Waals surface area (Å²) in [7, 11) is 0. The number of nitrogens with one attached hydrogen (secondary N) is 1. The van der Waals surface area contributed by atoms with Crippen LogP contribution in [0.5, 0.6) is 0 Å². The average molecular weight is 435 g/mol. The number of rotatable bonds is 6. The first-order chi connectivity index (χ1) is 15.5. The van der Waals surface area contributed by atoms with E-state index in [4.69, 9.17) is 4.42 Å². The monoisotopic (exact) mass is 435 g/mol. The van der Waals surface area contributed by atoms with Gasteiger partial charge in [0, 0.05) is 13.1 Å². The van der Waals surface area contributed by atoms with Gasteiger partial charge in [-0.2, -0.15) is 0 Å². The molecule has 0 radical (unpaired) electrons. The smallest absolute Gasteiger partial charge is 0.275 e. The van der Waals surface area contributed by atoms with Gasteiger partial charge in [0.2, 0.25) is 12.1 Å². The number of likely N-dealkylation sites (tertiary alicyclic amines) is 1. The Morgan fingerprint density at radius 2 is 1.75 bits per heavy atom. The molecule has 1 aromatic heterocycles. The molecule has 166 valence electrons. The zero-order chi connectivity index (χ0) is 22.5. The molecule has 0 saturated carbocycles. The molecular formula is C25H26FN3O3. The van der Waals surface area contributed by atoms with Crippen molar-refractivity contribution in [2.75, 3.05) is 13.1 Å². The molecule has 2 aromatic carbocycles. The molecule has 2 heterocycles. The molecule has 32 heavy (non-hydrogen) atoms. The number of benzene rings is 2. The first-order valence-corrected chi connectivity index (χ1v) is 10.8. The zero-order valence-corrected chi connectivity index (χ0v) is 18.0. The molecule has 1 aliphatic heterocycles. The molecule has 3 aromatic rings. The second-order valence-corrected chi connectivity index (χ2v) is 8.05. The van der Waals surface area contributed by atoms with Gasteiger partial charge in [-0.15, -0.1) is 0 Å². The maximum Gasteiger partial charge on any atom is 0.275 e. The molecule has 2 atom stereocenters. The Kier molecular flexibility index (Phi) is 6.63. The topological polar surface area (TPSA) is 75.4 Å². The first-order valence-electron chi connectivity index (χ1n) is 10.8. The van der Waals surface area contributed by atoms with Crippen LogP contribution in [0, 0.1) is 6.92 Å². The fourth-order valence-electron chi connectivity index (χ4n) is 3.90. The van der Waals surface area contributed by atoms with Crippen LogP contribution in [-0.2, 0) is 4.79 Å². The van der Waals surface area contributed by atoms with E-state index in [9.17, 15) is 14.0 Å². The van der Waals surface area contributed by atoms with Crippen LogP contribution in [0.2, 0.25) is 0 Å². The Morgan fingerprint density at radius 1 is 1.03 bits per heavy atom. The molecule has 2 unspecified atom stereocenters. The molecule has 1 saturated heterocycles. The summed E-state index contributed by atoms with van der Waals surface area (Å²) in [4.78, 5) is 31.7. The van der Waals surface area contributed by atoms with Crippen LogP contribution in [0.25, 0.3) is 0 Å². The number of halogens is 1. The molecule has 2 amide bonds. The lowest BCUT2D eigenvalue weighted by Crippen LogP contribution is -2.36. The number of hydrogen-bond donors (Lipinski definition) is 1. The van der Waals surface area contributed by atoms with Gasteiger partial charge in [0.05, 0.1) is 0 Å². The number of aromatic nitrogens is 1. The summed E-state index contributed by atoms with van der Waals surface area (Å²) < 4.78 is 20.5. The van der Waals surface area contributed by atoms with E-state index in [0.717, 1.165) is 24.8 Å². The zero-order valence-electron chi connectivity index (χ0n) is 18.0. The quantitative estimate of drug-likeness (QED) is 0.618. The third-order valence-electron chi connectivity index (χ3n) is 5.62. The number of hydrogen-bond acceptors (Lipinski definition) is 4. The minimum Gasteiger partial charge on any atom is -0.445 e. The summed E-state index contributed by atoms with van der Waals surface area (Å²) in [5, 5.41) is 2.71. The van der Waals surface area contributed by atoms with Gasteiger partial charge in [0.1, 0.15) is 12.3 Å². The third kappa shape index (κ3) is 4.88. The van der Waals surface area contributed by atoms with E-state index < -0.39 is 18.1 Å². The number of amides is 2. The van der Waals surface area contributed by atoms with Crippen molar-refractivity contribution in [3.63, 3.8) is 0 Å². The van der Waals surface area contributed by atoms with Crippen LogP contribution in [-0.4, -0.2) is 34.8 Å². The summed E-state index contributed by atoms with van der Waals surface area (Å²) in [6.45, 7) is 3.31. The second-order valence-electron chi connectivity index (χ2n) is 8.05. The summed E-state index contributed by atoms with van der Waals surface area (Å²) in [6.07, 6.45) is 2.52. The van der Waals surface area contributed by atoms with Crippen LogP contribution in [0.3, 0.4) is 0 Å². The van der Waals surface area contributed by atoms with Crippen LogP contribution in [0.1, 0.15) is 64.5 Å². The number of carbonyl (C=O) groups is 2. The highest BCUT2D eigenvalue weighted by molar-refractivity contribution is 5.92. The van der Waals surface area contributed by atoms with Gasteiger partial charge < -0.3 is 14.6 Å². The van der Waals surface area contributed by atoms with E-state index >= 15 is 0 Å². The number of oxazole rings is 1. The van der Waals surface area contributed by atoms with E-state index in [1.807, 2.05) is 31.2 Å². The number of nitrogens with zero attached hydrogens (tertiary/aromatic N) is 2. The Morgan fingerprint density at radius 3 is 2.47 bits per heavy atom. The van der Waals surface area contributed by atoms with Crippen molar-refractivity contribution >= 4 is 11.8 Å². The maximum absolute atomic E-state index is 14.9. The standard InChI is InChI=1S/C25H26FN3O3/c1-17-9-8-12-19(15-17)22(28-23(30)21(26)18-10-4-2-5-11-18)24-27-20(16-32-24)25(31)29-13-6-3-7-14-29/h2,4-5,8-12,15-16,21-22H,3,6-7,13-14H2,1H3,(H,28,30). The molecule has 7 heteroatoms. The molecule has 4 rings (SSSR count). The van der Waals surface area contributed by atoms with E-state index in [2.05, 4.69) is 10.3 Å². The molecule has 6 nitrogen and oxygen atoms in total. The minimum absolute atomic E-state index is 0.143. The van der Waals surface area contributed by atoms with Crippen LogP contribution >= 0.6 is 0 Å². The Balaban J connectivity index is 1.60. The summed E-state index contributed by atoms with van der Waals surface area (Å²) in [5.74, 6) is -0.851. The van der Waals surface area contributed by atoms with E-state index in [-0.39, 0.29) is 23.1 Å². The highest BCUT2D eigenvalue weighted by atomic mass is 19.1. The largest absolute Gasteiger partial charge is 0.445 e. The molecule has 0 bridgehead atoms. The fourth-order valence-corrected chi connectivity index (χ4v) is 3.90. The Hall–Kier alpha value is -3.48. The van der Waals surface area contributed by atoms with Crippen molar-refractivity contribution in [2.45, 2.75) is 38.4 Å². The fraction of sp³-hybridized carbons (Fsp3) is 0.320. The predicted octanol–water partition coefficient (Wildman–Crippen LogP) is 4.53. The first kappa shape index (κ1) is 21.7. The number of carbonyl (C=O) groups excluding carboxylic acids is 2. The van der Waals surface area contributed by atoms with Gasteiger partial charge in [0.15, 0.2) is 5.69 Å². The van der Waals surface area contributed by atoms with Gasteiger partial charge in [-0.25, -0.2) is 9.37 Å². The molecule has 0 aliphatic carbocycles. The normalized spacial score (nSPS) is 15.8. The van der Waals surface area contributed by atoms with Gasteiger partial charge >= 0.3 is 0 Å². The van der Waals surface area contributed by atoms with Crippen molar-refractivity contribution in [2.24, 2.45) is 0 Å². The van der Waals surface area contributed by atoms with Crippen molar-refractivity contribution < 1.29 is 18.4 Å². The Labute approximate surface area is 186 Å². The second kappa shape index (κ2) is 9.77. The van der Waals surface area contributed by atoms with Crippen LogP contribution in [0.15, 0.2) is 65.3 Å². The summed E-state index contributed by atoms with van der Waals surface area (Å²) >= 11 is 0. The summed E-state index contributed by atoms with van der Waals surface area (Å²) in [6, 6.07) is 14.9. The molecule has 0 spiro atoms. The average Bonchev–Trinajstić information content (AvgIpc) is 3.32. The van der Waals surface area contributed by atoms with Crippen LogP contribution in [0.4, 0.5) is 4.39 Å².